The summed E-state index contributed by atoms with van der Waals surface area (Å²) in [7, 11) is -4.13. The molecule has 2 saturated heterocycles. The van der Waals surface area contributed by atoms with Crippen molar-refractivity contribution in [3.63, 3.8) is 0 Å². The van der Waals surface area contributed by atoms with Crippen LogP contribution in [-0.4, -0.2) is 61.4 Å². The number of alkyl halides is 3. The Morgan fingerprint density at radius 2 is 1.83 bits per heavy atom. The largest absolute Gasteiger partial charge is 0.417 e. The molecule has 1 aromatic carbocycles. The molecule has 2 aliphatic rings. The summed E-state index contributed by atoms with van der Waals surface area (Å²) >= 11 is 5.58. The molecule has 6 nitrogen and oxygen atoms in total. The van der Waals surface area contributed by atoms with E-state index in [0.717, 1.165) is 29.3 Å². The molecule has 1 amide bonds. The molecule has 1 unspecified atom stereocenters. The normalized spacial score (nSPS) is 22.3. The average Bonchev–Trinajstić information content (AvgIpc) is 2.72. The van der Waals surface area contributed by atoms with E-state index in [2.05, 4.69) is 0 Å². The molecule has 0 aromatic heterocycles. The number of hydrogen-bond acceptors (Lipinski definition) is 4. The average molecular weight is 469 g/mol. The van der Waals surface area contributed by atoms with Crippen molar-refractivity contribution in [2.45, 2.75) is 36.8 Å². The maximum atomic E-state index is 13.1. The second kappa shape index (κ2) is 9.02. The number of carbonyl (C=O) groups is 1. The molecule has 2 heterocycles. The van der Waals surface area contributed by atoms with Crippen LogP contribution in [0.15, 0.2) is 23.1 Å². The molecule has 168 valence electrons. The van der Waals surface area contributed by atoms with Crippen LogP contribution >= 0.6 is 11.6 Å². The number of hydrogen-bond donors (Lipinski definition) is 1. The van der Waals surface area contributed by atoms with Crippen molar-refractivity contribution >= 4 is 27.5 Å². The van der Waals surface area contributed by atoms with Crippen LogP contribution < -0.4 is 0 Å². The molecular formula is C19H24ClF3N2O4S. The summed E-state index contributed by atoms with van der Waals surface area (Å²) in [4.78, 5) is 14.0. The van der Waals surface area contributed by atoms with E-state index < -0.39 is 31.7 Å². The topological polar surface area (TPSA) is 77.9 Å². The molecule has 0 radical (unpaired) electrons. The van der Waals surface area contributed by atoms with Crippen LogP contribution in [0.1, 0.15) is 31.2 Å². The molecule has 0 spiro atoms. The van der Waals surface area contributed by atoms with Gasteiger partial charge in [0.05, 0.1) is 15.5 Å². The van der Waals surface area contributed by atoms with Gasteiger partial charge in [0.15, 0.2) is 0 Å². The van der Waals surface area contributed by atoms with Gasteiger partial charge in [0, 0.05) is 38.7 Å². The highest BCUT2D eigenvalue weighted by Crippen LogP contribution is 2.37. The maximum absolute atomic E-state index is 13.1. The van der Waals surface area contributed by atoms with Gasteiger partial charge in [0.2, 0.25) is 15.9 Å². The summed E-state index contributed by atoms with van der Waals surface area (Å²) in [5.41, 5.74) is -1.20. The first-order valence-electron chi connectivity index (χ1n) is 9.80. The zero-order chi connectivity index (χ0) is 22.1. The minimum Gasteiger partial charge on any atom is -0.396 e. The summed E-state index contributed by atoms with van der Waals surface area (Å²) in [6.07, 6.45) is -2.46. The van der Waals surface area contributed by atoms with Gasteiger partial charge in [-0.2, -0.15) is 17.5 Å². The molecule has 30 heavy (non-hydrogen) atoms. The lowest BCUT2D eigenvalue weighted by molar-refractivity contribution is -0.139. The van der Waals surface area contributed by atoms with Gasteiger partial charge in [-0.05, 0) is 49.8 Å². The third kappa shape index (κ3) is 4.92. The van der Waals surface area contributed by atoms with Gasteiger partial charge in [0.1, 0.15) is 0 Å². The summed E-state index contributed by atoms with van der Waals surface area (Å²) in [6.45, 7) is 1.26. The van der Waals surface area contributed by atoms with Crippen LogP contribution in [0, 0.1) is 11.8 Å². The van der Waals surface area contributed by atoms with Gasteiger partial charge < -0.3 is 10.0 Å². The fourth-order valence-corrected chi connectivity index (χ4v) is 5.77. The van der Waals surface area contributed by atoms with Crippen molar-refractivity contribution in [2.24, 2.45) is 11.8 Å². The first-order valence-corrected chi connectivity index (χ1v) is 11.6. The van der Waals surface area contributed by atoms with E-state index in [0.29, 0.717) is 32.0 Å². The van der Waals surface area contributed by atoms with Crippen molar-refractivity contribution in [2.75, 3.05) is 32.8 Å². The second-order valence-corrected chi connectivity index (χ2v) is 10.1. The van der Waals surface area contributed by atoms with Gasteiger partial charge in [-0.25, -0.2) is 8.42 Å². The number of halogens is 4. The molecule has 1 atom stereocenters. The first kappa shape index (κ1) is 23.3. The predicted molar refractivity (Wildman–Crippen MR) is 104 cm³/mol. The minimum absolute atomic E-state index is 0.0292. The van der Waals surface area contributed by atoms with Crippen molar-refractivity contribution in [3.05, 3.63) is 28.8 Å². The number of benzene rings is 1. The van der Waals surface area contributed by atoms with Crippen molar-refractivity contribution in [1.82, 2.24) is 9.21 Å². The third-order valence-electron chi connectivity index (χ3n) is 5.77. The van der Waals surface area contributed by atoms with Gasteiger partial charge in [0.25, 0.3) is 0 Å². The lowest BCUT2D eigenvalue weighted by Gasteiger charge is -2.37. The zero-order valence-corrected chi connectivity index (χ0v) is 17.8. The third-order valence-corrected chi connectivity index (χ3v) is 8.00. The monoisotopic (exact) mass is 468 g/mol. The van der Waals surface area contributed by atoms with Crippen molar-refractivity contribution in [1.29, 1.82) is 0 Å². The lowest BCUT2D eigenvalue weighted by Crippen LogP contribution is -2.47. The van der Waals surface area contributed by atoms with E-state index in [9.17, 15) is 31.5 Å². The Balaban J connectivity index is 1.68. The Hall–Kier alpha value is -1.36. The van der Waals surface area contributed by atoms with Crippen LogP contribution in [0.2, 0.25) is 5.02 Å². The number of aliphatic hydroxyl groups excluding tert-OH is 1. The summed E-state index contributed by atoms with van der Waals surface area (Å²) in [5, 5.41) is 8.77. The van der Waals surface area contributed by atoms with Crippen LogP contribution in [0.5, 0.6) is 0 Å². The maximum Gasteiger partial charge on any atom is 0.417 e. The van der Waals surface area contributed by atoms with E-state index in [-0.39, 0.29) is 37.4 Å². The van der Waals surface area contributed by atoms with Crippen molar-refractivity contribution < 1.29 is 31.5 Å². The predicted octanol–water partition coefficient (Wildman–Crippen LogP) is 2.99. The van der Waals surface area contributed by atoms with Crippen LogP contribution in [0.25, 0.3) is 0 Å². The van der Waals surface area contributed by atoms with Gasteiger partial charge in [-0.15, -0.1) is 0 Å². The van der Waals surface area contributed by atoms with E-state index in [4.69, 9.17) is 11.6 Å². The standard InChI is InChI=1S/C19H24ClF3N2O4S/c20-17-4-3-15(10-16(17)19(21,22)23)30(28,29)25-8-5-14(6-9-25)18(27)24-7-1-2-13(11-24)12-26/h3-4,10,13-14,26H,1-2,5-9,11-12H2. The first-order chi connectivity index (χ1) is 14.0. The van der Waals surface area contributed by atoms with Gasteiger partial charge in [-0.1, -0.05) is 11.6 Å². The number of likely N-dealkylation sites (tertiary alicyclic amines) is 1. The number of amides is 1. The highest BCUT2D eigenvalue weighted by molar-refractivity contribution is 7.89. The molecule has 2 aliphatic heterocycles. The Kier molecular flexibility index (Phi) is 7.01. The van der Waals surface area contributed by atoms with Gasteiger partial charge >= 0.3 is 6.18 Å². The fourth-order valence-electron chi connectivity index (χ4n) is 4.05. The summed E-state index contributed by atoms with van der Waals surface area (Å²) in [5.74, 6) is -0.309. The molecule has 0 aliphatic carbocycles. The van der Waals surface area contributed by atoms with Crippen LogP contribution in [0.4, 0.5) is 13.2 Å². The summed E-state index contributed by atoms with van der Waals surface area (Å²) < 4.78 is 66.0. The number of nitrogens with zero attached hydrogens (tertiary/aromatic N) is 2. The molecule has 0 saturated carbocycles. The minimum atomic E-state index is -4.76. The number of rotatable bonds is 4. The Labute approximate surface area is 178 Å². The Morgan fingerprint density at radius 1 is 1.17 bits per heavy atom. The van der Waals surface area contributed by atoms with Gasteiger partial charge in [-0.3, -0.25) is 4.79 Å². The molecule has 1 aromatic rings. The van der Waals surface area contributed by atoms with E-state index in [1.54, 1.807) is 4.90 Å². The molecular weight excluding hydrogens is 445 g/mol. The number of carbonyl (C=O) groups excluding carboxylic acids is 1. The Morgan fingerprint density at radius 3 is 2.43 bits per heavy atom. The number of piperidine rings is 2. The lowest BCUT2D eigenvalue weighted by atomic mass is 9.93. The number of sulfonamides is 1. The fraction of sp³-hybridized carbons (Fsp3) is 0.632. The summed E-state index contributed by atoms with van der Waals surface area (Å²) in [6, 6.07) is 2.55. The molecule has 2 fully saturated rings. The molecule has 11 heteroatoms. The van der Waals surface area contributed by atoms with E-state index in [1.807, 2.05) is 0 Å². The molecule has 3 rings (SSSR count). The van der Waals surface area contributed by atoms with E-state index in [1.165, 1.54) is 0 Å². The highest BCUT2D eigenvalue weighted by Gasteiger charge is 2.38. The van der Waals surface area contributed by atoms with E-state index >= 15 is 0 Å². The highest BCUT2D eigenvalue weighted by atomic mass is 35.5. The molecule has 0 bridgehead atoms. The smallest absolute Gasteiger partial charge is 0.396 e. The SMILES string of the molecule is O=C(C1CCN(S(=O)(=O)c2ccc(Cl)c(C(F)(F)F)c2)CC1)N1CCCC(CO)C1. The Bertz CT molecular complexity index is 886. The van der Waals surface area contributed by atoms with Crippen LogP contribution in [0.3, 0.4) is 0 Å². The molecule has 1 N–H and O–H groups in total. The number of aliphatic hydroxyl groups is 1. The van der Waals surface area contributed by atoms with Crippen LogP contribution in [-0.2, 0) is 21.0 Å². The second-order valence-electron chi connectivity index (χ2n) is 7.79. The zero-order valence-electron chi connectivity index (χ0n) is 16.2. The van der Waals surface area contributed by atoms with Crippen molar-refractivity contribution in [3.8, 4) is 0 Å². The quantitative estimate of drug-likeness (QED) is 0.737.